The number of anilines is 1. The number of rotatable bonds is 4. The standard InChI is InChI=1S/C17H13Cl2NO5/c1-24-16(22)9-6-7-10(17(23)25-2)13(8-9)20-15(21)14-11(18)4-3-5-12(14)19/h3-8H,1-2H3,(H,20,21). The number of hydrogen-bond donors (Lipinski definition) is 1. The molecule has 2 rings (SSSR count). The van der Waals surface area contributed by atoms with E-state index in [9.17, 15) is 14.4 Å². The highest BCUT2D eigenvalue weighted by atomic mass is 35.5. The molecule has 0 aliphatic carbocycles. The minimum atomic E-state index is -0.683. The Balaban J connectivity index is 2.47. The lowest BCUT2D eigenvalue weighted by Gasteiger charge is -2.12. The molecular formula is C17H13Cl2NO5. The molecule has 1 amide bonds. The van der Waals surface area contributed by atoms with Crippen LogP contribution in [0.2, 0.25) is 10.0 Å². The molecule has 2 aromatic rings. The first-order chi connectivity index (χ1) is 11.9. The van der Waals surface area contributed by atoms with Gasteiger partial charge in [-0.3, -0.25) is 4.79 Å². The molecule has 25 heavy (non-hydrogen) atoms. The Labute approximate surface area is 153 Å². The average Bonchev–Trinajstić information content (AvgIpc) is 2.60. The Morgan fingerprint density at radius 3 is 2.08 bits per heavy atom. The van der Waals surface area contributed by atoms with Crippen LogP contribution in [0.25, 0.3) is 0 Å². The van der Waals surface area contributed by atoms with Gasteiger partial charge >= 0.3 is 11.9 Å². The van der Waals surface area contributed by atoms with E-state index in [1.807, 2.05) is 0 Å². The molecule has 0 aliphatic rings. The number of methoxy groups -OCH3 is 2. The predicted molar refractivity (Wildman–Crippen MR) is 93.5 cm³/mol. The Morgan fingerprint density at radius 1 is 0.920 bits per heavy atom. The van der Waals surface area contributed by atoms with Crippen LogP contribution in [0.3, 0.4) is 0 Å². The number of amides is 1. The van der Waals surface area contributed by atoms with Crippen LogP contribution in [0.15, 0.2) is 36.4 Å². The van der Waals surface area contributed by atoms with Crippen molar-refractivity contribution in [3.05, 3.63) is 63.1 Å². The highest BCUT2D eigenvalue weighted by Crippen LogP contribution is 2.27. The van der Waals surface area contributed by atoms with E-state index in [0.29, 0.717) is 0 Å². The number of esters is 2. The van der Waals surface area contributed by atoms with Gasteiger partial charge in [0, 0.05) is 0 Å². The molecule has 0 radical (unpaired) electrons. The summed E-state index contributed by atoms with van der Waals surface area (Å²) in [6.45, 7) is 0. The summed E-state index contributed by atoms with van der Waals surface area (Å²) < 4.78 is 9.32. The molecule has 6 nitrogen and oxygen atoms in total. The van der Waals surface area contributed by atoms with Gasteiger partial charge in [0.25, 0.3) is 5.91 Å². The molecule has 0 aliphatic heterocycles. The van der Waals surface area contributed by atoms with Crippen molar-refractivity contribution in [1.82, 2.24) is 0 Å². The largest absolute Gasteiger partial charge is 0.465 e. The summed E-state index contributed by atoms with van der Waals surface area (Å²) in [5.74, 6) is -1.94. The van der Waals surface area contributed by atoms with E-state index >= 15 is 0 Å². The van der Waals surface area contributed by atoms with E-state index in [1.165, 1.54) is 44.6 Å². The van der Waals surface area contributed by atoms with Crippen molar-refractivity contribution in [2.24, 2.45) is 0 Å². The zero-order valence-corrected chi connectivity index (χ0v) is 14.8. The van der Waals surface area contributed by atoms with Gasteiger partial charge in [0.05, 0.1) is 46.6 Å². The molecule has 0 fully saturated rings. The minimum absolute atomic E-state index is 0.0464. The number of hydrogen-bond acceptors (Lipinski definition) is 5. The first-order valence-corrected chi connectivity index (χ1v) is 7.70. The van der Waals surface area contributed by atoms with E-state index in [4.69, 9.17) is 23.2 Å². The van der Waals surface area contributed by atoms with Gasteiger partial charge in [-0.2, -0.15) is 0 Å². The summed E-state index contributed by atoms with van der Waals surface area (Å²) in [4.78, 5) is 36.1. The van der Waals surface area contributed by atoms with E-state index in [1.54, 1.807) is 6.07 Å². The maximum atomic E-state index is 12.5. The molecule has 0 bridgehead atoms. The molecule has 0 spiro atoms. The van der Waals surface area contributed by atoms with Crippen LogP contribution >= 0.6 is 23.2 Å². The zero-order chi connectivity index (χ0) is 18.6. The SMILES string of the molecule is COC(=O)c1ccc(C(=O)OC)c(NC(=O)c2c(Cl)cccc2Cl)c1. The third kappa shape index (κ3) is 4.10. The lowest BCUT2D eigenvalue weighted by Crippen LogP contribution is -2.17. The number of carbonyl (C=O) groups excluding carboxylic acids is 3. The van der Waals surface area contributed by atoms with Gasteiger partial charge in [0.2, 0.25) is 0 Å². The normalized spacial score (nSPS) is 10.1. The van der Waals surface area contributed by atoms with Crippen molar-refractivity contribution < 1.29 is 23.9 Å². The van der Waals surface area contributed by atoms with Crippen molar-refractivity contribution >= 4 is 46.7 Å². The second kappa shape index (κ2) is 8.00. The average molecular weight is 382 g/mol. The third-order valence-corrected chi connectivity index (χ3v) is 3.91. The Kier molecular flexibility index (Phi) is 6.01. The van der Waals surface area contributed by atoms with Crippen molar-refractivity contribution in [1.29, 1.82) is 0 Å². The Bertz CT molecular complexity index is 831. The van der Waals surface area contributed by atoms with Crippen molar-refractivity contribution in [2.45, 2.75) is 0 Å². The molecule has 0 unspecified atom stereocenters. The molecule has 0 atom stereocenters. The van der Waals surface area contributed by atoms with Crippen molar-refractivity contribution in [3.63, 3.8) is 0 Å². The number of ether oxygens (including phenoxy) is 2. The summed E-state index contributed by atoms with van der Waals surface area (Å²) in [6, 6.07) is 8.65. The molecular weight excluding hydrogens is 369 g/mol. The number of carbonyl (C=O) groups is 3. The summed E-state index contributed by atoms with van der Waals surface area (Å²) >= 11 is 12.0. The zero-order valence-electron chi connectivity index (χ0n) is 13.3. The summed E-state index contributed by atoms with van der Waals surface area (Å²) in [6.07, 6.45) is 0. The van der Waals surface area contributed by atoms with Crippen LogP contribution in [-0.2, 0) is 9.47 Å². The molecule has 0 saturated carbocycles. The maximum Gasteiger partial charge on any atom is 0.339 e. The lowest BCUT2D eigenvalue weighted by atomic mass is 10.1. The third-order valence-electron chi connectivity index (χ3n) is 3.28. The molecule has 2 aromatic carbocycles. The predicted octanol–water partition coefficient (Wildman–Crippen LogP) is 3.82. The van der Waals surface area contributed by atoms with E-state index in [0.717, 1.165) is 0 Å². The molecule has 1 N–H and O–H groups in total. The monoisotopic (exact) mass is 381 g/mol. The van der Waals surface area contributed by atoms with Gasteiger partial charge in [0.15, 0.2) is 0 Å². The van der Waals surface area contributed by atoms with Crippen LogP contribution in [0.1, 0.15) is 31.1 Å². The molecule has 0 aromatic heterocycles. The van der Waals surface area contributed by atoms with Crippen molar-refractivity contribution in [2.75, 3.05) is 19.5 Å². The summed E-state index contributed by atoms with van der Waals surface area (Å²) in [5, 5.41) is 2.82. The molecule has 8 heteroatoms. The van der Waals surface area contributed by atoms with Crippen LogP contribution in [0.5, 0.6) is 0 Å². The molecule has 0 saturated heterocycles. The lowest BCUT2D eigenvalue weighted by molar-refractivity contribution is 0.0587. The van der Waals surface area contributed by atoms with Crippen LogP contribution in [0.4, 0.5) is 5.69 Å². The smallest absolute Gasteiger partial charge is 0.339 e. The van der Waals surface area contributed by atoms with Gasteiger partial charge in [-0.15, -0.1) is 0 Å². The van der Waals surface area contributed by atoms with E-state index in [-0.39, 0.29) is 32.4 Å². The van der Waals surface area contributed by atoms with E-state index in [2.05, 4.69) is 14.8 Å². The van der Waals surface area contributed by atoms with Crippen LogP contribution in [0, 0.1) is 0 Å². The van der Waals surface area contributed by atoms with Crippen LogP contribution in [-0.4, -0.2) is 32.1 Å². The quantitative estimate of drug-likeness (QED) is 0.814. The summed E-state index contributed by atoms with van der Waals surface area (Å²) in [7, 11) is 2.42. The highest BCUT2D eigenvalue weighted by Gasteiger charge is 2.20. The van der Waals surface area contributed by atoms with Gasteiger partial charge in [0.1, 0.15) is 0 Å². The Hall–Kier alpha value is -2.57. The van der Waals surface area contributed by atoms with E-state index < -0.39 is 17.8 Å². The highest BCUT2D eigenvalue weighted by molar-refractivity contribution is 6.40. The first-order valence-electron chi connectivity index (χ1n) is 6.95. The fraction of sp³-hybridized carbons (Fsp3) is 0.118. The molecule has 0 heterocycles. The minimum Gasteiger partial charge on any atom is -0.465 e. The van der Waals surface area contributed by atoms with Gasteiger partial charge in [-0.1, -0.05) is 29.3 Å². The van der Waals surface area contributed by atoms with Gasteiger partial charge in [-0.25, -0.2) is 9.59 Å². The second-order valence-corrected chi connectivity index (χ2v) is 5.61. The maximum absolute atomic E-state index is 12.5. The van der Waals surface area contributed by atoms with Gasteiger partial charge < -0.3 is 14.8 Å². The van der Waals surface area contributed by atoms with Crippen LogP contribution < -0.4 is 5.32 Å². The van der Waals surface area contributed by atoms with Gasteiger partial charge in [-0.05, 0) is 30.3 Å². The topological polar surface area (TPSA) is 81.7 Å². The Morgan fingerprint density at radius 2 is 1.52 bits per heavy atom. The number of nitrogens with one attached hydrogen (secondary N) is 1. The number of benzene rings is 2. The van der Waals surface area contributed by atoms with Crippen molar-refractivity contribution in [3.8, 4) is 0 Å². The number of halogens is 2. The first kappa shape index (κ1) is 18.8. The molecule has 130 valence electrons. The summed E-state index contributed by atoms with van der Waals surface area (Å²) in [5.41, 5.74) is 0.322. The second-order valence-electron chi connectivity index (χ2n) is 4.79. The fourth-order valence-corrected chi connectivity index (χ4v) is 2.65. The fourth-order valence-electron chi connectivity index (χ4n) is 2.08.